The Bertz CT molecular complexity index is 811. The zero-order chi connectivity index (χ0) is 16.7. The molecule has 0 aliphatic carbocycles. The number of nitrogens with one attached hydrogen (secondary N) is 1. The summed E-state index contributed by atoms with van der Waals surface area (Å²) in [5.41, 5.74) is 2.90. The van der Waals surface area contributed by atoms with Crippen LogP contribution in [0.15, 0.2) is 41.8 Å². The van der Waals surface area contributed by atoms with Gasteiger partial charge in [0.2, 0.25) is 0 Å². The van der Waals surface area contributed by atoms with Gasteiger partial charge in [0.1, 0.15) is 0 Å². The van der Waals surface area contributed by atoms with E-state index < -0.39 is 0 Å². The summed E-state index contributed by atoms with van der Waals surface area (Å²) in [6.45, 7) is 5.91. The van der Waals surface area contributed by atoms with E-state index in [0.717, 1.165) is 22.6 Å². The average molecular weight is 497 g/mol. The first-order chi connectivity index (χ1) is 11.1. The van der Waals surface area contributed by atoms with E-state index in [1.165, 1.54) is 68.3 Å². The van der Waals surface area contributed by atoms with Gasteiger partial charge < -0.3 is 0 Å². The zero-order valence-corrected chi connectivity index (χ0v) is 17.4. The maximum absolute atomic E-state index is 6.25. The summed E-state index contributed by atoms with van der Waals surface area (Å²) in [5.74, 6) is 3.70. The second kappa shape index (κ2) is 10.2. The van der Waals surface area contributed by atoms with Crippen LogP contribution in [0, 0.1) is 63.7 Å². The summed E-state index contributed by atoms with van der Waals surface area (Å²) in [6.07, 6.45) is 5.79. The molecule has 0 atom stereocenters. The van der Waals surface area contributed by atoms with E-state index in [2.05, 4.69) is 52.7 Å². The molecule has 0 amide bonds. The zero-order valence-electron chi connectivity index (χ0n) is 12.6. The van der Waals surface area contributed by atoms with Crippen LogP contribution in [0.3, 0.4) is 0 Å². The van der Waals surface area contributed by atoms with Crippen LogP contribution in [0.1, 0.15) is 18.9 Å². The molecule has 1 aromatic heterocycles. The first-order valence-electron chi connectivity index (χ1n) is 6.93. The molecule has 2 rings (SSSR count). The van der Waals surface area contributed by atoms with Crippen molar-refractivity contribution in [2.24, 2.45) is 0 Å². The summed E-state index contributed by atoms with van der Waals surface area (Å²) in [7, 11) is 0. The smallest absolute Gasteiger partial charge is 0.0781 e. The Morgan fingerprint density at radius 3 is 3.13 bits per heavy atom. The Hall–Kier alpha value is 0.114. The number of thioether (sulfide) groups is 1. The van der Waals surface area contributed by atoms with Crippen LogP contribution in [-0.2, 0) is 0 Å². The van der Waals surface area contributed by atoms with Crippen molar-refractivity contribution in [2.45, 2.75) is 13.3 Å². The Morgan fingerprint density at radius 1 is 1.57 bits per heavy atom. The molecule has 5 heteroatoms. The summed E-state index contributed by atoms with van der Waals surface area (Å²) < 4.78 is 2.09. The van der Waals surface area contributed by atoms with Crippen LogP contribution in [0.2, 0.25) is 0 Å². The number of thiophene rings is 1. The van der Waals surface area contributed by atoms with Crippen LogP contribution in [0.4, 0.5) is 5.69 Å². The molecule has 0 saturated heterocycles. The van der Waals surface area contributed by atoms with E-state index in [4.69, 9.17) is 11.6 Å². The third-order valence-corrected chi connectivity index (χ3v) is 5.17. The second-order valence-corrected chi connectivity index (χ2v) is 8.58. The van der Waals surface area contributed by atoms with Gasteiger partial charge in [-0.1, -0.05) is 6.92 Å². The number of benzene rings is 1. The predicted octanol–water partition coefficient (Wildman–Crippen LogP) is 5.56. The minimum atomic E-state index is 0.695. The Labute approximate surface area is 183 Å². The molecule has 0 radical (unpaired) electrons. The molecule has 23 heavy (non-hydrogen) atoms. The first kappa shape index (κ1) is 19.4. The molecule has 1 heterocycles. The molecule has 0 saturated carbocycles. The van der Waals surface area contributed by atoms with Gasteiger partial charge in [-0.15, -0.1) is 0 Å². The number of rotatable bonds is 6. The maximum atomic E-state index is 6.25. The predicted molar refractivity (Wildman–Crippen MR) is 103 cm³/mol. The molecule has 119 valence electrons. The molecule has 0 bridgehead atoms. The fourth-order valence-electron chi connectivity index (χ4n) is 1.83. The Morgan fingerprint density at radius 2 is 2.39 bits per heavy atom. The van der Waals surface area contributed by atoms with E-state index in [-0.39, 0.29) is 0 Å². The van der Waals surface area contributed by atoms with E-state index >= 15 is 0 Å². The van der Waals surface area contributed by atoms with Crippen LogP contribution in [0.25, 0.3) is 10.1 Å². The number of allylic oxidation sites excluding steroid dienone is 3. The number of hydrogen-bond acceptors (Lipinski definition) is 3. The van der Waals surface area contributed by atoms with Crippen molar-refractivity contribution < 1.29 is 46.5 Å². The molecular weight excluding hydrogens is 482 g/mol. The minimum absolute atomic E-state index is 0.695. The van der Waals surface area contributed by atoms with E-state index in [1.807, 2.05) is 13.0 Å². The molecule has 1 nitrogen and oxygen atoms in total. The summed E-state index contributed by atoms with van der Waals surface area (Å²) in [5, 5.41) is 9.78. The molecule has 0 spiro atoms. The van der Waals surface area contributed by atoms with Gasteiger partial charge in [0, 0.05) is 0 Å². The summed E-state index contributed by atoms with van der Waals surface area (Å²) in [6, 6.07) is 6.42. The van der Waals surface area contributed by atoms with Crippen molar-refractivity contribution in [1.29, 1.82) is 0 Å². The van der Waals surface area contributed by atoms with Crippen LogP contribution >= 0.6 is 34.7 Å². The molecule has 0 fully saturated rings. The van der Waals surface area contributed by atoms with Crippen LogP contribution < -0.4 is 5.32 Å². The van der Waals surface area contributed by atoms with Crippen molar-refractivity contribution in [1.82, 2.24) is 0 Å². The Balaban J connectivity index is 2.00. The topological polar surface area (TPSA) is 12.0 Å². The van der Waals surface area contributed by atoms with Gasteiger partial charge >= 0.3 is 178 Å². The molecule has 1 N–H and O–H groups in total. The molecule has 0 unspecified atom stereocenters. The number of hydrogen-bond donors (Lipinski definition) is 1. The fraction of sp³-hybridized carbons (Fsp3) is 0.167. The van der Waals surface area contributed by atoms with Crippen molar-refractivity contribution in [2.75, 3.05) is 11.2 Å². The van der Waals surface area contributed by atoms with Gasteiger partial charge in [0.25, 0.3) is 0 Å². The summed E-state index contributed by atoms with van der Waals surface area (Å²) >= 11 is 11.0. The fourth-order valence-corrected chi connectivity index (χ4v) is 3.80. The van der Waals surface area contributed by atoms with Crippen LogP contribution in [-0.4, -0.2) is 5.20 Å². The monoisotopic (exact) mass is 497 g/mol. The van der Waals surface area contributed by atoms with Crippen molar-refractivity contribution in [3.63, 3.8) is 0 Å². The number of fused-ring (bicyclic) bond motifs is 1. The molecule has 2 aromatic rings. The standard InChI is InChI=1S/C18H15ClNS2.Eu/c1-3-4-5-14(2)6-8-21-13-20-17-10-15-7-9-22-18(15)11-16(17)12-19;/h5,7,9-11,20H,2-3,13H2,1H3;/q-1;. The van der Waals surface area contributed by atoms with Crippen molar-refractivity contribution in [3.8, 4) is 11.2 Å². The SMILES string of the molecule is C=C(C#CSCNc1cc2ccsc2cc1[C](Cl)=[Eu])C=[C-]CC. The molecule has 0 aliphatic rings. The van der Waals surface area contributed by atoms with Gasteiger partial charge in [0.15, 0.2) is 0 Å². The number of halogens is 1. The quantitative estimate of drug-likeness (QED) is 0.185. The average Bonchev–Trinajstić information content (AvgIpc) is 2.98. The normalized spacial score (nSPS) is 10.5. The molecule has 1 aromatic carbocycles. The van der Waals surface area contributed by atoms with E-state index in [9.17, 15) is 0 Å². The van der Waals surface area contributed by atoms with Gasteiger partial charge in [-0.3, -0.25) is 0 Å². The summed E-state index contributed by atoms with van der Waals surface area (Å²) in [4.78, 5) is 0. The van der Waals surface area contributed by atoms with Gasteiger partial charge in [-0.25, -0.2) is 0 Å². The molecule has 0 aliphatic heterocycles. The Kier molecular flexibility index (Phi) is 8.61. The van der Waals surface area contributed by atoms with Crippen molar-refractivity contribution >= 4 is 49.8 Å². The van der Waals surface area contributed by atoms with E-state index in [1.54, 1.807) is 11.3 Å². The third kappa shape index (κ3) is 6.16. The number of anilines is 1. The third-order valence-electron chi connectivity index (χ3n) is 2.90. The second-order valence-electron chi connectivity index (χ2n) is 4.54. The van der Waals surface area contributed by atoms with Gasteiger partial charge in [0.05, 0.1) is 0 Å². The molecular formula is C18H15ClEuNS2-. The first-order valence-corrected chi connectivity index (χ1v) is 10.4. The van der Waals surface area contributed by atoms with Crippen LogP contribution in [0.5, 0.6) is 0 Å². The van der Waals surface area contributed by atoms with Crippen molar-refractivity contribution in [3.05, 3.63) is 53.4 Å². The minimum Gasteiger partial charge on any atom is -0.0781 e. The van der Waals surface area contributed by atoms with Gasteiger partial charge in [-0.2, -0.15) is 0 Å². The van der Waals surface area contributed by atoms with E-state index in [0.29, 0.717) is 5.88 Å². The van der Waals surface area contributed by atoms with Gasteiger partial charge in [-0.05, 0) is 0 Å².